The largest absolute Gasteiger partial charge is 0.462 e. The molecule has 0 amide bonds. The molecule has 17 heavy (non-hydrogen) atoms. The van der Waals surface area contributed by atoms with Crippen LogP contribution in [-0.2, 0) is 19.6 Å². The minimum atomic E-state index is -3.52. The van der Waals surface area contributed by atoms with Gasteiger partial charge in [0.1, 0.15) is 18.8 Å². The van der Waals surface area contributed by atoms with Crippen LogP contribution < -0.4 is 4.72 Å². The Kier molecular flexibility index (Phi) is 5.35. The third kappa shape index (κ3) is 4.61. The summed E-state index contributed by atoms with van der Waals surface area (Å²) < 4.78 is 30.0. The molecule has 0 saturated carbocycles. The fourth-order valence-corrected chi connectivity index (χ4v) is 2.95. The van der Waals surface area contributed by atoms with Gasteiger partial charge in [-0.3, -0.25) is 4.79 Å². The Hall–Kier alpha value is -0.660. The van der Waals surface area contributed by atoms with Gasteiger partial charge in [0.05, 0.1) is 5.75 Å². The van der Waals surface area contributed by atoms with Crippen molar-refractivity contribution in [2.45, 2.75) is 44.8 Å². The van der Waals surface area contributed by atoms with Crippen molar-refractivity contribution in [2.24, 2.45) is 0 Å². The van der Waals surface area contributed by atoms with E-state index in [-0.39, 0.29) is 12.4 Å². The lowest BCUT2D eigenvalue weighted by molar-refractivity contribution is -0.139. The molecule has 0 aliphatic carbocycles. The Labute approximate surface area is 101 Å². The molecule has 7 heteroatoms. The van der Waals surface area contributed by atoms with Crippen LogP contribution in [0.1, 0.15) is 32.6 Å². The molecule has 0 radical (unpaired) electrons. The zero-order valence-corrected chi connectivity index (χ0v) is 10.7. The summed E-state index contributed by atoms with van der Waals surface area (Å²) in [7, 11) is -3.52. The van der Waals surface area contributed by atoms with E-state index in [2.05, 4.69) is 9.46 Å². The predicted molar refractivity (Wildman–Crippen MR) is 61.8 cm³/mol. The van der Waals surface area contributed by atoms with E-state index in [0.717, 1.165) is 19.3 Å². The highest BCUT2D eigenvalue weighted by Crippen LogP contribution is 2.09. The number of hydrogen-bond donors (Lipinski definition) is 2. The Morgan fingerprint density at radius 2 is 2.12 bits per heavy atom. The lowest BCUT2D eigenvalue weighted by Gasteiger charge is -2.12. The van der Waals surface area contributed by atoms with Crippen LogP contribution in [0.3, 0.4) is 0 Å². The molecule has 1 fully saturated rings. The minimum absolute atomic E-state index is 0.0243. The maximum absolute atomic E-state index is 11.6. The second kappa shape index (κ2) is 6.32. The van der Waals surface area contributed by atoms with E-state index >= 15 is 0 Å². The average molecular weight is 265 g/mol. The summed E-state index contributed by atoms with van der Waals surface area (Å²) in [5.41, 5.74) is 0. The van der Waals surface area contributed by atoms with Gasteiger partial charge in [0.15, 0.2) is 0 Å². The van der Waals surface area contributed by atoms with Gasteiger partial charge in [-0.1, -0.05) is 26.2 Å². The molecular weight excluding hydrogens is 246 g/mol. The van der Waals surface area contributed by atoms with Gasteiger partial charge in [0, 0.05) is 0 Å². The molecule has 2 atom stereocenters. The standard InChI is InChI=1S/C10H19NO5S/c1-2-3-4-5-6-17(14,15)11-9-8(12)7-16-10(9)13/h8-9,11-12H,2-7H2,1H3/t8-,9-/m0/s1. The van der Waals surface area contributed by atoms with Crippen molar-refractivity contribution in [3.63, 3.8) is 0 Å². The second-order valence-corrected chi connectivity index (χ2v) is 6.05. The Morgan fingerprint density at radius 1 is 1.41 bits per heavy atom. The number of rotatable bonds is 7. The van der Waals surface area contributed by atoms with Crippen molar-refractivity contribution in [2.75, 3.05) is 12.4 Å². The first-order valence-corrected chi connectivity index (χ1v) is 7.46. The molecule has 1 heterocycles. The first-order chi connectivity index (χ1) is 7.96. The summed E-state index contributed by atoms with van der Waals surface area (Å²) in [5.74, 6) is -0.738. The first kappa shape index (κ1) is 14.4. The lowest BCUT2D eigenvalue weighted by Crippen LogP contribution is -2.45. The number of ether oxygens (including phenoxy) is 1. The number of unbranched alkanes of at least 4 members (excludes halogenated alkanes) is 3. The topological polar surface area (TPSA) is 92.7 Å². The van der Waals surface area contributed by atoms with E-state index in [0.29, 0.717) is 6.42 Å². The quantitative estimate of drug-likeness (QED) is 0.490. The Balaban J connectivity index is 2.40. The van der Waals surface area contributed by atoms with E-state index in [1.165, 1.54) is 0 Å². The fraction of sp³-hybridized carbons (Fsp3) is 0.900. The van der Waals surface area contributed by atoms with Gasteiger partial charge >= 0.3 is 5.97 Å². The number of hydrogen-bond acceptors (Lipinski definition) is 5. The van der Waals surface area contributed by atoms with Gasteiger partial charge in [-0.25, -0.2) is 8.42 Å². The first-order valence-electron chi connectivity index (χ1n) is 5.81. The third-order valence-corrected chi connectivity index (χ3v) is 4.05. The molecule has 1 aliphatic heterocycles. The van der Waals surface area contributed by atoms with Crippen molar-refractivity contribution in [1.82, 2.24) is 4.72 Å². The molecule has 0 spiro atoms. The van der Waals surface area contributed by atoms with Gasteiger partial charge in [0.2, 0.25) is 10.0 Å². The Morgan fingerprint density at radius 3 is 2.65 bits per heavy atom. The molecule has 6 nitrogen and oxygen atoms in total. The summed E-state index contributed by atoms with van der Waals surface area (Å²) in [5, 5.41) is 9.36. The van der Waals surface area contributed by atoms with Crippen molar-refractivity contribution in [1.29, 1.82) is 0 Å². The van der Waals surface area contributed by atoms with E-state index < -0.39 is 28.1 Å². The van der Waals surface area contributed by atoms with Crippen LogP contribution in [0, 0.1) is 0 Å². The van der Waals surface area contributed by atoms with Crippen LogP contribution in [-0.4, -0.2) is 44.0 Å². The highest BCUT2D eigenvalue weighted by atomic mass is 32.2. The molecule has 1 rings (SSSR count). The highest BCUT2D eigenvalue weighted by molar-refractivity contribution is 7.89. The summed E-state index contributed by atoms with van der Waals surface area (Å²) in [4.78, 5) is 11.1. The minimum Gasteiger partial charge on any atom is -0.462 e. The molecule has 2 N–H and O–H groups in total. The molecule has 0 unspecified atom stereocenters. The monoisotopic (exact) mass is 265 g/mol. The highest BCUT2D eigenvalue weighted by Gasteiger charge is 2.38. The Bertz CT molecular complexity index is 354. The second-order valence-electron chi connectivity index (χ2n) is 4.17. The van der Waals surface area contributed by atoms with Crippen molar-refractivity contribution in [3.8, 4) is 0 Å². The van der Waals surface area contributed by atoms with E-state index in [1.54, 1.807) is 0 Å². The maximum atomic E-state index is 11.6. The summed E-state index contributed by atoms with van der Waals surface area (Å²) >= 11 is 0. The molecule has 1 aliphatic rings. The summed E-state index contributed by atoms with van der Waals surface area (Å²) in [6.45, 7) is 1.89. The number of sulfonamides is 1. The number of esters is 1. The van der Waals surface area contributed by atoms with Crippen LogP contribution in [0.25, 0.3) is 0 Å². The molecule has 1 saturated heterocycles. The van der Waals surface area contributed by atoms with Crippen LogP contribution in [0.15, 0.2) is 0 Å². The summed E-state index contributed by atoms with van der Waals surface area (Å²) in [6.07, 6.45) is 2.33. The van der Waals surface area contributed by atoms with Crippen molar-refractivity contribution < 1.29 is 23.1 Å². The number of nitrogens with one attached hydrogen (secondary N) is 1. The zero-order chi connectivity index (χ0) is 12.9. The number of cyclic esters (lactones) is 1. The SMILES string of the molecule is CCCCCCS(=O)(=O)N[C@@H]1C(=O)OC[C@@H]1O. The molecular formula is C10H19NO5S. The van der Waals surface area contributed by atoms with Crippen LogP contribution >= 0.6 is 0 Å². The third-order valence-electron chi connectivity index (χ3n) is 2.61. The van der Waals surface area contributed by atoms with Crippen molar-refractivity contribution >= 4 is 16.0 Å². The normalized spacial score (nSPS) is 24.9. The van der Waals surface area contributed by atoms with Gasteiger partial charge in [-0.2, -0.15) is 4.72 Å². The zero-order valence-electron chi connectivity index (χ0n) is 9.89. The molecule has 0 aromatic rings. The maximum Gasteiger partial charge on any atom is 0.327 e. The number of carbonyl (C=O) groups is 1. The van der Waals surface area contributed by atoms with E-state index in [1.807, 2.05) is 6.92 Å². The fourth-order valence-electron chi connectivity index (χ4n) is 1.61. The summed E-state index contributed by atoms with van der Waals surface area (Å²) in [6, 6.07) is -1.15. The molecule has 0 bridgehead atoms. The van der Waals surface area contributed by atoms with E-state index in [9.17, 15) is 18.3 Å². The average Bonchev–Trinajstić information content (AvgIpc) is 2.56. The number of carbonyl (C=O) groups excluding carboxylic acids is 1. The van der Waals surface area contributed by atoms with Gasteiger partial charge in [-0.05, 0) is 6.42 Å². The number of aliphatic hydroxyl groups is 1. The number of aliphatic hydroxyl groups excluding tert-OH is 1. The van der Waals surface area contributed by atoms with Crippen LogP contribution in [0.4, 0.5) is 0 Å². The van der Waals surface area contributed by atoms with Crippen molar-refractivity contribution in [3.05, 3.63) is 0 Å². The lowest BCUT2D eigenvalue weighted by atomic mass is 10.2. The van der Waals surface area contributed by atoms with E-state index in [4.69, 9.17) is 0 Å². The van der Waals surface area contributed by atoms with Gasteiger partial charge in [0.25, 0.3) is 0 Å². The molecule has 100 valence electrons. The smallest absolute Gasteiger partial charge is 0.327 e. The van der Waals surface area contributed by atoms with Gasteiger partial charge < -0.3 is 9.84 Å². The van der Waals surface area contributed by atoms with Gasteiger partial charge in [-0.15, -0.1) is 0 Å². The van der Waals surface area contributed by atoms with Crippen LogP contribution in [0.2, 0.25) is 0 Å². The van der Waals surface area contributed by atoms with Crippen LogP contribution in [0.5, 0.6) is 0 Å². The predicted octanol–water partition coefficient (Wildman–Crippen LogP) is -0.228. The molecule has 0 aromatic heterocycles. The molecule has 0 aromatic carbocycles.